The van der Waals surface area contributed by atoms with Crippen LogP contribution >= 0.6 is 0 Å². The highest BCUT2D eigenvalue weighted by atomic mass is 16.5. The lowest BCUT2D eigenvalue weighted by atomic mass is 9.85. The molecule has 5 heteroatoms. The van der Waals surface area contributed by atoms with E-state index in [2.05, 4.69) is 5.32 Å². The van der Waals surface area contributed by atoms with E-state index >= 15 is 0 Å². The molecule has 1 aromatic carbocycles. The summed E-state index contributed by atoms with van der Waals surface area (Å²) in [6.07, 6.45) is 7.26. The SMILES string of the molecule is O=C(Nc1ccc(OCC2CCOC2)cc1)N1CCC2CCCCC21. The van der Waals surface area contributed by atoms with Crippen molar-refractivity contribution < 1.29 is 14.3 Å². The molecular formula is C20H28N2O3. The zero-order valence-electron chi connectivity index (χ0n) is 14.8. The van der Waals surface area contributed by atoms with Crippen LogP contribution in [0.1, 0.15) is 38.5 Å². The number of carbonyl (C=O) groups is 1. The van der Waals surface area contributed by atoms with Gasteiger partial charge in [-0.1, -0.05) is 12.8 Å². The van der Waals surface area contributed by atoms with Crippen molar-refractivity contribution in [3.8, 4) is 5.75 Å². The number of fused-ring (bicyclic) bond motifs is 1. The summed E-state index contributed by atoms with van der Waals surface area (Å²) in [7, 11) is 0. The molecule has 3 fully saturated rings. The number of nitrogens with zero attached hydrogens (tertiary/aromatic N) is 1. The predicted molar refractivity (Wildman–Crippen MR) is 97.0 cm³/mol. The summed E-state index contributed by atoms with van der Waals surface area (Å²) >= 11 is 0. The Hall–Kier alpha value is -1.75. The Morgan fingerprint density at radius 2 is 2.00 bits per heavy atom. The van der Waals surface area contributed by atoms with Crippen LogP contribution in [0.3, 0.4) is 0 Å². The van der Waals surface area contributed by atoms with Crippen molar-refractivity contribution >= 4 is 11.7 Å². The van der Waals surface area contributed by atoms with Crippen LogP contribution in [-0.4, -0.2) is 43.3 Å². The van der Waals surface area contributed by atoms with E-state index < -0.39 is 0 Å². The largest absolute Gasteiger partial charge is 0.493 e. The third-order valence-corrected chi connectivity index (χ3v) is 5.89. The van der Waals surface area contributed by atoms with E-state index in [4.69, 9.17) is 9.47 Å². The molecule has 3 aliphatic rings. The minimum absolute atomic E-state index is 0.0474. The molecule has 1 aliphatic carbocycles. The molecule has 3 atom stereocenters. The summed E-state index contributed by atoms with van der Waals surface area (Å²) in [4.78, 5) is 14.7. The van der Waals surface area contributed by atoms with Crippen LogP contribution in [0.25, 0.3) is 0 Å². The van der Waals surface area contributed by atoms with Gasteiger partial charge in [0, 0.05) is 30.8 Å². The molecule has 2 aliphatic heterocycles. The van der Waals surface area contributed by atoms with E-state index in [1.165, 1.54) is 19.3 Å². The first-order chi connectivity index (χ1) is 12.3. The molecule has 2 heterocycles. The van der Waals surface area contributed by atoms with Gasteiger partial charge in [-0.3, -0.25) is 0 Å². The normalized spacial score (nSPS) is 28.6. The average Bonchev–Trinajstić information content (AvgIpc) is 3.31. The number of hydrogen-bond acceptors (Lipinski definition) is 3. The van der Waals surface area contributed by atoms with Crippen molar-refractivity contribution in [2.45, 2.75) is 44.6 Å². The lowest BCUT2D eigenvalue weighted by molar-refractivity contribution is 0.167. The molecule has 3 unspecified atom stereocenters. The van der Waals surface area contributed by atoms with Crippen LogP contribution in [0.15, 0.2) is 24.3 Å². The third kappa shape index (κ3) is 3.92. The number of anilines is 1. The molecule has 1 aromatic rings. The maximum absolute atomic E-state index is 12.6. The molecule has 1 N–H and O–H groups in total. The number of rotatable bonds is 4. The Labute approximate surface area is 149 Å². The summed E-state index contributed by atoms with van der Waals surface area (Å²) in [5.74, 6) is 2.06. The van der Waals surface area contributed by atoms with Gasteiger partial charge < -0.3 is 19.7 Å². The van der Waals surface area contributed by atoms with Crippen molar-refractivity contribution in [1.82, 2.24) is 4.90 Å². The van der Waals surface area contributed by atoms with E-state index in [1.54, 1.807) is 0 Å². The van der Waals surface area contributed by atoms with E-state index in [0.717, 1.165) is 56.4 Å². The van der Waals surface area contributed by atoms with Crippen LogP contribution in [0.4, 0.5) is 10.5 Å². The lowest BCUT2D eigenvalue weighted by Crippen LogP contribution is -2.41. The Bertz CT molecular complexity index is 583. The molecule has 2 amide bonds. The highest BCUT2D eigenvalue weighted by molar-refractivity contribution is 5.89. The maximum Gasteiger partial charge on any atom is 0.322 e. The zero-order valence-corrected chi connectivity index (χ0v) is 14.8. The Balaban J connectivity index is 1.29. The van der Waals surface area contributed by atoms with Gasteiger partial charge >= 0.3 is 6.03 Å². The van der Waals surface area contributed by atoms with Crippen LogP contribution in [0.2, 0.25) is 0 Å². The number of benzene rings is 1. The number of urea groups is 1. The lowest BCUT2D eigenvalue weighted by Gasteiger charge is -2.31. The fourth-order valence-electron chi connectivity index (χ4n) is 4.42. The van der Waals surface area contributed by atoms with Gasteiger partial charge in [-0.15, -0.1) is 0 Å². The third-order valence-electron chi connectivity index (χ3n) is 5.89. The van der Waals surface area contributed by atoms with Crippen LogP contribution in [-0.2, 0) is 4.74 Å². The second-order valence-corrected chi connectivity index (χ2v) is 7.59. The minimum atomic E-state index is 0.0474. The van der Waals surface area contributed by atoms with Gasteiger partial charge in [0.15, 0.2) is 0 Å². The fourth-order valence-corrected chi connectivity index (χ4v) is 4.42. The summed E-state index contributed by atoms with van der Waals surface area (Å²) in [5, 5.41) is 3.05. The smallest absolute Gasteiger partial charge is 0.322 e. The Morgan fingerprint density at radius 3 is 2.80 bits per heavy atom. The molecule has 4 rings (SSSR count). The standard InChI is InChI=1S/C20H28N2O3/c23-20(22-11-9-16-3-1-2-4-19(16)22)21-17-5-7-18(8-6-17)25-14-15-10-12-24-13-15/h5-8,15-16,19H,1-4,9-14H2,(H,21,23). The van der Waals surface area contributed by atoms with E-state index in [1.807, 2.05) is 29.2 Å². The molecule has 25 heavy (non-hydrogen) atoms. The molecule has 136 valence electrons. The van der Waals surface area contributed by atoms with Crippen LogP contribution < -0.4 is 10.1 Å². The molecule has 1 saturated carbocycles. The van der Waals surface area contributed by atoms with Gasteiger partial charge in [0.2, 0.25) is 0 Å². The highest BCUT2D eigenvalue weighted by Crippen LogP contribution is 2.36. The van der Waals surface area contributed by atoms with Gasteiger partial charge in [-0.05, 0) is 55.9 Å². The summed E-state index contributed by atoms with van der Waals surface area (Å²) in [6.45, 7) is 3.23. The quantitative estimate of drug-likeness (QED) is 0.901. The number of amides is 2. The van der Waals surface area contributed by atoms with Gasteiger partial charge in [0.1, 0.15) is 5.75 Å². The van der Waals surface area contributed by atoms with E-state index in [0.29, 0.717) is 18.6 Å². The van der Waals surface area contributed by atoms with Crippen LogP contribution in [0.5, 0.6) is 5.75 Å². The highest BCUT2D eigenvalue weighted by Gasteiger charge is 2.38. The number of carbonyl (C=O) groups excluding carboxylic acids is 1. The number of likely N-dealkylation sites (tertiary alicyclic amines) is 1. The first-order valence-corrected chi connectivity index (χ1v) is 9.68. The fraction of sp³-hybridized carbons (Fsp3) is 0.650. The Morgan fingerprint density at radius 1 is 1.16 bits per heavy atom. The van der Waals surface area contributed by atoms with Crippen molar-refractivity contribution in [2.75, 3.05) is 31.7 Å². The number of hydrogen-bond donors (Lipinski definition) is 1. The summed E-state index contributed by atoms with van der Waals surface area (Å²) in [6, 6.07) is 8.20. The van der Waals surface area contributed by atoms with Crippen molar-refractivity contribution in [3.63, 3.8) is 0 Å². The minimum Gasteiger partial charge on any atom is -0.493 e. The number of ether oxygens (including phenoxy) is 2. The van der Waals surface area contributed by atoms with Crippen molar-refractivity contribution in [2.24, 2.45) is 11.8 Å². The Kier molecular flexibility index (Phi) is 5.11. The predicted octanol–water partition coefficient (Wildman–Crippen LogP) is 3.90. The molecule has 5 nitrogen and oxygen atoms in total. The molecule has 0 bridgehead atoms. The summed E-state index contributed by atoms with van der Waals surface area (Å²) < 4.78 is 11.2. The topological polar surface area (TPSA) is 50.8 Å². The number of nitrogens with one attached hydrogen (secondary N) is 1. The van der Waals surface area contributed by atoms with Gasteiger partial charge in [0.25, 0.3) is 0 Å². The molecule has 2 saturated heterocycles. The molecule has 0 radical (unpaired) electrons. The van der Waals surface area contributed by atoms with E-state index in [9.17, 15) is 4.79 Å². The van der Waals surface area contributed by atoms with Crippen molar-refractivity contribution in [1.29, 1.82) is 0 Å². The van der Waals surface area contributed by atoms with Crippen molar-refractivity contribution in [3.05, 3.63) is 24.3 Å². The summed E-state index contributed by atoms with van der Waals surface area (Å²) in [5.41, 5.74) is 0.834. The first-order valence-electron chi connectivity index (χ1n) is 9.68. The maximum atomic E-state index is 12.6. The second kappa shape index (κ2) is 7.65. The first kappa shape index (κ1) is 16.7. The van der Waals surface area contributed by atoms with Gasteiger partial charge in [-0.25, -0.2) is 4.79 Å². The van der Waals surface area contributed by atoms with Gasteiger partial charge in [0.05, 0.1) is 13.2 Å². The molecular weight excluding hydrogens is 316 g/mol. The average molecular weight is 344 g/mol. The van der Waals surface area contributed by atoms with Gasteiger partial charge in [-0.2, -0.15) is 0 Å². The molecule has 0 spiro atoms. The zero-order chi connectivity index (χ0) is 17.1. The second-order valence-electron chi connectivity index (χ2n) is 7.59. The monoisotopic (exact) mass is 344 g/mol. The van der Waals surface area contributed by atoms with E-state index in [-0.39, 0.29) is 6.03 Å². The van der Waals surface area contributed by atoms with Crippen LogP contribution in [0, 0.1) is 11.8 Å². The molecule has 0 aromatic heterocycles.